The number of likely N-dealkylation sites (tertiary alicyclic amines) is 1. The van der Waals surface area contributed by atoms with Crippen LogP contribution < -0.4 is 9.47 Å². The summed E-state index contributed by atoms with van der Waals surface area (Å²) in [6.07, 6.45) is 3.91. The van der Waals surface area contributed by atoms with E-state index in [1.807, 2.05) is 58.3 Å². The van der Waals surface area contributed by atoms with Gasteiger partial charge in [-0.3, -0.25) is 0 Å². The van der Waals surface area contributed by atoms with Crippen molar-refractivity contribution in [2.45, 2.75) is 33.7 Å². The monoisotopic (exact) mass is 477 g/mol. The normalized spacial score (nSPS) is 15.0. The largest absolute Gasteiger partial charge is 0.454 e. The van der Waals surface area contributed by atoms with Crippen molar-refractivity contribution in [3.05, 3.63) is 53.4 Å². The van der Waals surface area contributed by atoms with Gasteiger partial charge in [0.05, 0.1) is 22.3 Å². The van der Waals surface area contributed by atoms with Gasteiger partial charge in [0, 0.05) is 30.7 Å². The van der Waals surface area contributed by atoms with Crippen molar-refractivity contribution in [2.24, 2.45) is 4.99 Å². The third-order valence-electron chi connectivity index (χ3n) is 5.04. The molecule has 0 amide bonds. The Hall–Kier alpha value is -2.38. The van der Waals surface area contributed by atoms with Crippen LogP contribution in [-0.4, -0.2) is 40.8 Å². The molecule has 8 heteroatoms. The van der Waals surface area contributed by atoms with Gasteiger partial charge in [0.2, 0.25) is 6.79 Å². The first-order valence-electron chi connectivity index (χ1n) is 10.9. The summed E-state index contributed by atoms with van der Waals surface area (Å²) in [5.41, 5.74) is 1.79. The van der Waals surface area contributed by atoms with Crippen molar-refractivity contribution >= 4 is 45.1 Å². The molecule has 0 bridgehead atoms. The van der Waals surface area contributed by atoms with E-state index < -0.39 is 0 Å². The average molecular weight is 478 g/mol. The van der Waals surface area contributed by atoms with Crippen molar-refractivity contribution in [1.29, 1.82) is 0 Å². The molecular weight excluding hydrogens is 449 g/mol. The molecule has 2 aromatic carbocycles. The molecule has 0 atom stereocenters. The molecule has 0 saturated carbocycles. The Morgan fingerprint density at radius 3 is 2.50 bits per heavy atom. The standard InChI is InChI=1S/C20H17ClFN3O2S.2C2H6/c1-28-20(23-13-3-5-18-19(7-13)27-11-26-18)24-8-14(9-24)25-10-16(21)15-6-12(22)2-4-17(15)25;2*1-2/h2-7,10,14H,8-9,11H2,1H3;2*1-2H3. The molecule has 0 radical (unpaired) electrons. The van der Waals surface area contributed by atoms with E-state index in [2.05, 4.69) is 9.47 Å². The lowest BCUT2D eigenvalue weighted by Gasteiger charge is -2.41. The fraction of sp³-hybridized carbons (Fsp3) is 0.375. The molecular formula is C24H29ClFN3O2S. The molecule has 5 nitrogen and oxygen atoms in total. The molecule has 1 saturated heterocycles. The SMILES string of the molecule is CC.CC.CSC(=Nc1ccc2c(c1)OCO2)N1CC(n2cc(Cl)c3cc(F)ccc32)C1. The first-order chi connectivity index (χ1) is 15.6. The van der Waals surface area contributed by atoms with Gasteiger partial charge in [0.25, 0.3) is 0 Å². The van der Waals surface area contributed by atoms with Gasteiger partial charge in [0.1, 0.15) is 5.82 Å². The third-order valence-corrected chi connectivity index (χ3v) is 6.05. The molecule has 32 heavy (non-hydrogen) atoms. The lowest BCUT2D eigenvalue weighted by Crippen LogP contribution is -2.49. The number of hydrogen-bond donors (Lipinski definition) is 0. The van der Waals surface area contributed by atoms with Crippen LogP contribution >= 0.6 is 23.4 Å². The summed E-state index contributed by atoms with van der Waals surface area (Å²) in [7, 11) is 0. The van der Waals surface area contributed by atoms with Crippen molar-refractivity contribution < 1.29 is 13.9 Å². The molecule has 1 aromatic heterocycles. The number of aliphatic imine (C=N–C) groups is 1. The maximum absolute atomic E-state index is 13.5. The van der Waals surface area contributed by atoms with Crippen LogP contribution in [-0.2, 0) is 0 Å². The van der Waals surface area contributed by atoms with Crippen molar-refractivity contribution in [3.8, 4) is 11.5 Å². The first kappa shape index (κ1) is 24.3. The van der Waals surface area contributed by atoms with Crippen LogP contribution in [0.15, 0.2) is 47.6 Å². The van der Waals surface area contributed by atoms with Crippen LogP contribution in [0.5, 0.6) is 11.5 Å². The molecule has 3 heterocycles. The number of hydrogen-bond acceptors (Lipinski definition) is 4. The van der Waals surface area contributed by atoms with Gasteiger partial charge in [-0.15, -0.1) is 0 Å². The first-order valence-corrected chi connectivity index (χ1v) is 12.5. The highest BCUT2D eigenvalue weighted by molar-refractivity contribution is 8.13. The number of benzene rings is 2. The van der Waals surface area contributed by atoms with Gasteiger partial charge in [0.15, 0.2) is 16.7 Å². The van der Waals surface area contributed by atoms with E-state index >= 15 is 0 Å². The number of halogens is 2. The van der Waals surface area contributed by atoms with Crippen LogP contribution in [0.4, 0.5) is 10.1 Å². The molecule has 0 unspecified atom stereocenters. The highest BCUT2D eigenvalue weighted by Gasteiger charge is 2.31. The zero-order chi connectivity index (χ0) is 23.3. The van der Waals surface area contributed by atoms with Gasteiger partial charge in [-0.2, -0.15) is 0 Å². The molecule has 2 aliphatic rings. The maximum Gasteiger partial charge on any atom is 0.231 e. The zero-order valence-electron chi connectivity index (χ0n) is 19.1. The van der Waals surface area contributed by atoms with E-state index in [1.54, 1.807) is 17.8 Å². The minimum atomic E-state index is -0.275. The van der Waals surface area contributed by atoms with Crippen LogP contribution in [0.2, 0.25) is 5.02 Å². The van der Waals surface area contributed by atoms with E-state index in [0.29, 0.717) is 5.02 Å². The van der Waals surface area contributed by atoms with Gasteiger partial charge in [-0.25, -0.2) is 9.38 Å². The maximum atomic E-state index is 13.5. The van der Waals surface area contributed by atoms with Crippen LogP contribution in [0, 0.1) is 5.82 Å². The Morgan fingerprint density at radius 2 is 1.78 bits per heavy atom. The number of rotatable bonds is 2. The van der Waals surface area contributed by atoms with Crippen LogP contribution in [0.3, 0.4) is 0 Å². The fourth-order valence-electron chi connectivity index (χ4n) is 3.59. The smallest absolute Gasteiger partial charge is 0.231 e. The minimum absolute atomic E-state index is 0.253. The lowest BCUT2D eigenvalue weighted by molar-refractivity contribution is 0.174. The quantitative estimate of drug-likeness (QED) is 0.291. The summed E-state index contributed by atoms with van der Waals surface area (Å²) >= 11 is 7.91. The van der Waals surface area contributed by atoms with E-state index in [0.717, 1.165) is 46.3 Å². The Morgan fingerprint density at radius 1 is 1.06 bits per heavy atom. The Bertz CT molecular complexity index is 1100. The summed E-state index contributed by atoms with van der Waals surface area (Å²) in [4.78, 5) is 6.99. The number of fused-ring (bicyclic) bond motifs is 2. The number of amidine groups is 1. The molecule has 0 N–H and O–H groups in total. The van der Waals surface area contributed by atoms with E-state index in [4.69, 9.17) is 26.1 Å². The average Bonchev–Trinajstić information content (AvgIpc) is 3.39. The van der Waals surface area contributed by atoms with Gasteiger partial charge >= 0.3 is 0 Å². The Kier molecular flexibility index (Phi) is 8.32. The van der Waals surface area contributed by atoms with Crippen LogP contribution in [0.25, 0.3) is 10.9 Å². The molecule has 2 aliphatic heterocycles. The number of ether oxygens (including phenoxy) is 2. The molecule has 3 aromatic rings. The van der Waals surface area contributed by atoms with E-state index in [9.17, 15) is 4.39 Å². The second-order valence-corrected chi connectivity index (χ2v) is 7.92. The van der Waals surface area contributed by atoms with Crippen LogP contribution in [0.1, 0.15) is 33.7 Å². The molecule has 172 valence electrons. The molecule has 1 fully saturated rings. The number of thioether (sulfide) groups is 1. The number of aromatic nitrogens is 1. The van der Waals surface area contributed by atoms with E-state index in [-0.39, 0.29) is 18.7 Å². The molecule has 0 aliphatic carbocycles. The topological polar surface area (TPSA) is 39.0 Å². The van der Waals surface area contributed by atoms with E-state index in [1.165, 1.54) is 12.1 Å². The summed E-state index contributed by atoms with van der Waals surface area (Å²) in [6.45, 7) is 9.90. The predicted octanol–water partition coefficient (Wildman–Crippen LogP) is 7.12. The zero-order valence-corrected chi connectivity index (χ0v) is 20.6. The molecule has 5 rings (SSSR count). The summed E-state index contributed by atoms with van der Waals surface area (Å²) < 4.78 is 26.4. The van der Waals surface area contributed by atoms with Gasteiger partial charge in [-0.05, 0) is 36.6 Å². The second-order valence-electron chi connectivity index (χ2n) is 6.74. The fourth-order valence-corrected chi connectivity index (χ4v) is 4.45. The lowest BCUT2D eigenvalue weighted by atomic mass is 10.1. The highest BCUT2D eigenvalue weighted by atomic mass is 35.5. The summed E-state index contributed by atoms with van der Waals surface area (Å²) in [5.74, 6) is 1.20. The summed E-state index contributed by atoms with van der Waals surface area (Å²) in [5, 5.41) is 2.27. The second kappa shape index (κ2) is 11.0. The van der Waals surface area contributed by atoms with Crippen molar-refractivity contribution in [1.82, 2.24) is 9.47 Å². The van der Waals surface area contributed by atoms with Gasteiger partial charge in [-0.1, -0.05) is 51.1 Å². The van der Waals surface area contributed by atoms with Crippen molar-refractivity contribution in [2.75, 3.05) is 26.1 Å². The summed E-state index contributed by atoms with van der Waals surface area (Å²) in [6, 6.07) is 10.7. The van der Waals surface area contributed by atoms with Gasteiger partial charge < -0.3 is 18.9 Å². The number of nitrogens with zero attached hydrogens (tertiary/aromatic N) is 3. The highest BCUT2D eigenvalue weighted by Crippen LogP contribution is 2.37. The Balaban J connectivity index is 0.000000686. The minimum Gasteiger partial charge on any atom is -0.454 e. The van der Waals surface area contributed by atoms with Crippen molar-refractivity contribution in [3.63, 3.8) is 0 Å². The predicted molar refractivity (Wildman–Crippen MR) is 133 cm³/mol. The molecule has 0 spiro atoms. The third kappa shape index (κ3) is 4.84. The Labute approximate surface area is 198 Å².